The van der Waals surface area contributed by atoms with Gasteiger partial charge in [0, 0.05) is 6.54 Å². The van der Waals surface area contributed by atoms with E-state index in [1.165, 1.54) is 51.4 Å². The van der Waals surface area contributed by atoms with Gasteiger partial charge in [-0.2, -0.15) is 0 Å². The fraction of sp³-hybridized carbons (Fsp3) is 0.903. The van der Waals surface area contributed by atoms with E-state index in [2.05, 4.69) is 59.0 Å². The van der Waals surface area contributed by atoms with Crippen molar-refractivity contribution in [1.82, 2.24) is 5.32 Å². The third kappa shape index (κ3) is 6.65. The molecule has 0 aromatic heterocycles. The fourth-order valence-electron chi connectivity index (χ4n) is 8.52. The summed E-state index contributed by atoms with van der Waals surface area (Å²) >= 11 is 0. The van der Waals surface area contributed by atoms with Gasteiger partial charge in [0.15, 0.2) is 0 Å². The molecule has 0 radical (unpaired) electrons. The van der Waals surface area contributed by atoms with Crippen LogP contribution in [0.2, 0.25) is 0 Å². The van der Waals surface area contributed by atoms with E-state index in [0.717, 1.165) is 54.8 Å². The average molecular weight is 490 g/mol. The Labute approximate surface area is 216 Å². The van der Waals surface area contributed by atoms with Crippen molar-refractivity contribution in [3.63, 3.8) is 0 Å². The predicted molar refractivity (Wildman–Crippen MR) is 145 cm³/mol. The number of aliphatic hydroxyl groups excluding tert-OH is 1. The molecule has 0 aliphatic heterocycles. The lowest BCUT2D eigenvalue weighted by atomic mass is 9.49. The van der Waals surface area contributed by atoms with E-state index >= 15 is 0 Å². The average Bonchev–Trinajstić information content (AvgIpc) is 3.18. The predicted octanol–water partition coefficient (Wildman–Crippen LogP) is 7.75. The summed E-state index contributed by atoms with van der Waals surface area (Å²) in [5, 5.41) is 11.6. The van der Waals surface area contributed by atoms with E-state index in [1.54, 1.807) is 0 Å². The lowest BCUT2D eigenvalue weighted by Crippen LogP contribution is -2.48. The molecule has 2 saturated carbocycles. The van der Waals surface area contributed by atoms with E-state index in [9.17, 15) is 4.79 Å². The van der Waals surface area contributed by atoms with Gasteiger partial charge in [0.25, 0.3) is 0 Å². The minimum Gasteiger partial charge on any atom is -0.446 e. The zero-order chi connectivity index (χ0) is 25.6. The number of hydrogen-bond donors (Lipinski definition) is 2. The summed E-state index contributed by atoms with van der Waals surface area (Å²) < 4.78 is 5.66. The summed E-state index contributed by atoms with van der Waals surface area (Å²) in [7, 11) is 0. The molecular weight excluding hydrogens is 434 g/mol. The van der Waals surface area contributed by atoms with Crippen LogP contribution < -0.4 is 5.32 Å². The van der Waals surface area contributed by atoms with Crippen LogP contribution in [0.1, 0.15) is 112 Å². The Balaban J connectivity index is 1.62. The first-order valence-electron chi connectivity index (χ1n) is 14.9. The topological polar surface area (TPSA) is 58.6 Å². The SMILES string of the molecule is CC[C@@H](CC[C@]1(C)C=CCC2C1CC[C@]1(C)C2CC[C@H]1[C@@H](C)CCCC(C)C)OC(=O)NCCO. The summed E-state index contributed by atoms with van der Waals surface area (Å²) in [4.78, 5) is 12.0. The van der Waals surface area contributed by atoms with Gasteiger partial charge in [-0.25, -0.2) is 4.79 Å². The van der Waals surface area contributed by atoms with Crippen LogP contribution in [0, 0.1) is 46.3 Å². The van der Waals surface area contributed by atoms with E-state index in [4.69, 9.17) is 9.84 Å². The number of rotatable bonds is 12. The van der Waals surface area contributed by atoms with Crippen LogP contribution in [0.4, 0.5) is 4.79 Å². The van der Waals surface area contributed by atoms with Crippen molar-refractivity contribution in [1.29, 1.82) is 0 Å². The number of nitrogens with one attached hydrogen (secondary N) is 1. The summed E-state index contributed by atoms with van der Waals surface area (Å²) in [6.07, 6.45) is 18.4. The van der Waals surface area contributed by atoms with Crippen LogP contribution in [0.3, 0.4) is 0 Å². The Morgan fingerprint density at radius 2 is 1.89 bits per heavy atom. The van der Waals surface area contributed by atoms with Gasteiger partial charge in [-0.15, -0.1) is 0 Å². The Bertz CT molecular complexity index is 705. The van der Waals surface area contributed by atoms with Crippen LogP contribution in [0.5, 0.6) is 0 Å². The smallest absolute Gasteiger partial charge is 0.407 e. The van der Waals surface area contributed by atoms with Gasteiger partial charge >= 0.3 is 6.09 Å². The van der Waals surface area contributed by atoms with Gasteiger partial charge in [0.05, 0.1) is 6.61 Å². The quantitative estimate of drug-likeness (QED) is 0.275. The highest BCUT2D eigenvalue weighted by molar-refractivity contribution is 5.67. The number of allylic oxidation sites excluding steroid dienone is 2. The van der Waals surface area contributed by atoms with Crippen LogP contribution in [-0.2, 0) is 4.74 Å². The van der Waals surface area contributed by atoms with Crippen molar-refractivity contribution in [2.24, 2.45) is 46.3 Å². The van der Waals surface area contributed by atoms with Gasteiger partial charge in [-0.3, -0.25) is 0 Å². The fourth-order valence-corrected chi connectivity index (χ4v) is 8.52. The molecule has 3 aliphatic rings. The Morgan fingerprint density at radius 3 is 2.57 bits per heavy atom. The zero-order valence-electron chi connectivity index (χ0n) is 23.7. The second-order valence-electron chi connectivity index (χ2n) is 13.2. The molecule has 3 aliphatic carbocycles. The number of fused-ring (bicyclic) bond motifs is 3. The molecule has 8 atom stereocenters. The van der Waals surface area contributed by atoms with Crippen molar-refractivity contribution in [2.45, 2.75) is 118 Å². The maximum absolute atomic E-state index is 12.0. The molecular formula is C31H55NO3. The monoisotopic (exact) mass is 489 g/mol. The second-order valence-corrected chi connectivity index (χ2v) is 13.2. The van der Waals surface area contributed by atoms with Gasteiger partial charge in [0.2, 0.25) is 0 Å². The molecule has 3 rings (SSSR count). The lowest BCUT2D eigenvalue weighted by Gasteiger charge is -2.55. The number of carbonyl (C=O) groups excluding carboxylic acids is 1. The molecule has 4 nitrogen and oxygen atoms in total. The molecule has 2 fully saturated rings. The van der Waals surface area contributed by atoms with Crippen LogP contribution >= 0.6 is 0 Å². The Kier molecular flexibility index (Phi) is 10.2. The Morgan fingerprint density at radius 1 is 1.11 bits per heavy atom. The molecule has 2 N–H and O–H groups in total. The molecule has 35 heavy (non-hydrogen) atoms. The summed E-state index contributed by atoms with van der Waals surface area (Å²) in [6, 6.07) is 0. The number of ether oxygens (including phenoxy) is 1. The molecule has 0 aromatic carbocycles. The van der Waals surface area contributed by atoms with E-state index < -0.39 is 6.09 Å². The molecule has 0 saturated heterocycles. The third-order valence-corrected chi connectivity index (χ3v) is 10.5. The standard InChI is InChI=1S/C31H55NO3/c1-7-24(35-29(34)32-20-21-33)15-18-30(5)17-9-12-25-27(30)16-19-31(6)26(13-14-28(25)31)23(4)11-8-10-22(2)3/h9,17,22-28,33H,7-8,10-16,18-21H2,1-6H3,(H,32,34)/t23-,24-,25?,26-,27?,28?,30-,31-/m0/s1. The van der Waals surface area contributed by atoms with Gasteiger partial charge < -0.3 is 15.2 Å². The van der Waals surface area contributed by atoms with Crippen molar-refractivity contribution in [2.75, 3.05) is 13.2 Å². The summed E-state index contributed by atoms with van der Waals surface area (Å²) in [5.74, 6) is 5.00. The van der Waals surface area contributed by atoms with E-state index in [1.807, 2.05) is 0 Å². The highest BCUT2D eigenvalue weighted by Crippen LogP contribution is 2.65. The van der Waals surface area contributed by atoms with Crippen molar-refractivity contribution >= 4 is 6.09 Å². The number of amides is 1. The number of alkyl carbamates (subject to hydrolysis) is 1. The Hall–Kier alpha value is -1.03. The van der Waals surface area contributed by atoms with E-state index in [0.29, 0.717) is 5.41 Å². The first-order valence-corrected chi connectivity index (χ1v) is 14.9. The maximum Gasteiger partial charge on any atom is 0.407 e. The van der Waals surface area contributed by atoms with E-state index in [-0.39, 0.29) is 24.7 Å². The van der Waals surface area contributed by atoms with Gasteiger partial charge in [-0.1, -0.05) is 73.0 Å². The molecule has 0 aromatic rings. The summed E-state index contributed by atoms with van der Waals surface area (Å²) in [6.45, 7) is 14.7. The third-order valence-electron chi connectivity index (χ3n) is 10.5. The minimum absolute atomic E-state index is 0.0595. The summed E-state index contributed by atoms with van der Waals surface area (Å²) in [5.41, 5.74) is 0.716. The largest absolute Gasteiger partial charge is 0.446 e. The molecule has 202 valence electrons. The maximum atomic E-state index is 12.0. The van der Waals surface area contributed by atoms with Crippen LogP contribution in [0.15, 0.2) is 12.2 Å². The first-order chi connectivity index (χ1) is 16.6. The number of aliphatic hydroxyl groups is 1. The van der Waals surface area contributed by atoms with Crippen molar-refractivity contribution in [3.8, 4) is 0 Å². The normalized spacial score (nSPS) is 35.9. The molecule has 1 amide bonds. The molecule has 0 spiro atoms. The highest BCUT2D eigenvalue weighted by Gasteiger charge is 2.57. The molecule has 3 unspecified atom stereocenters. The molecule has 0 heterocycles. The van der Waals surface area contributed by atoms with Gasteiger partial charge in [0.1, 0.15) is 6.10 Å². The van der Waals surface area contributed by atoms with Crippen molar-refractivity contribution < 1.29 is 14.6 Å². The highest BCUT2D eigenvalue weighted by atomic mass is 16.6. The van der Waals surface area contributed by atoms with Crippen LogP contribution in [0.25, 0.3) is 0 Å². The van der Waals surface area contributed by atoms with Gasteiger partial charge in [-0.05, 0) is 97.7 Å². The molecule has 4 heteroatoms. The lowest BCUT2D eigenvalue weighted by molar-refractivity contribution is -0.0449. The van der Waals surface area contributed by atoms with Crippen molar-refractivity contribution in [3.05, 3.63) is 12.2 Å². The first kappa shape index (κ1) is 28.5. The molecule has 0 bridgehead atoms. The second kappa shape index (κ2) is 12.5. The van der Waals surface area contributed by atoms with Crippen LogP contribution in [-0.4, -0.2) is 30.5 Å². The minimum atomic E-state index is -0.402. The zero-order valence-corrected chi connectivity index (χ0v) is 23.7. The number of carbonyl (C=O) groups is 1. The number of hydrogen-bond acceptors (Lipinski definition) is 3.